The van der Waals surface area contributed by atoms with Gasteiger partial charge in [-0.1, -0.05) is 36.4 Å². The molecule has 0 fully saturated rings. The standard InChI is InChI=1S/C19H24N4O2/c1-22(2)18(24)20-16-11-7-5-9-14(16)13-15-10-6-8-12-17(15)21-19(25)23(3)4/h5-12H,13H2,1-4H3,(H,20,24)(H,21,25). The Balaban J connectivity index is 2.26. The molecule has 2 aromatic carbocycles. The summed E-state index contributed by atoms with van der Waals surface area (Å²) in [5.41, 5.74) is 3.47. The molecule has 132 valence electrons. The van der Waals surface area contributed by atoms with Crippen molar-refractivity contribution in [3.8, 4) is 0 Å². The number of hydrogen-bond donors (Lipinski definition) is 2. The number of para-hydroxylation sites is 2. The lowest BCUT2D eigenvalue weighted by molar-refractivity contribution is 0.230. The number of nitrogens with zero attached hydrogens (tertiary/aromatic N) is 2. The Kier molecular flexibility index (Phi) is 6.00. The number of hydrogen-bond acceptors (Lipinski definition) is 2. The Labute approximate surface area is 148 Å². The fourth-order valence-corrected chi connectivity index (χ4v) is 2.25. The predicted octanol–water partition coefficient (Wildman–Crippen LogP) is 3.46. The maximum absolute atomic E-state index is 12.0. The molecule has 0 bridgehead atoms. The van der Waals surface area contributed by atoms with Gasteiger partial charge >= 0.3 is 12.1 Å². The van der Waals surface area contributed by atoms with Crippen molar-refractivity contribution in [2.75, 3.05) is 38.8 Å². The summed E-state index contributed by atoms with van der Waals surface area (Å²) in [5, 5.41) is 5.80. The van der Waals surface area contributed by atoms with Gasteiger partial charge in [0.2, 0.25) is 0 Å². The van der Waals surface area contributed by atoms with Crippen LogP contribution in [0.3, 0.4) is 0 Å². The van der Waals surface area contributed by atoms with E-state index < -0.39 is 0 Å². The number of nitrogens with one attached hydrogen (secondary N) is 2. The van der Waals surface area contributed by atoms with E-state index in [0.717, 1.165) is 22.5 Å². The molecule has 0 saturated carbocycles. The largest absolute Gasteiger partial charge is 0.331 e. The van der Waals surface area contributed by atoms with Gasteiger partial charge in [0.1, 0.15) is 0 Å². The van der Waals surface area contributed by atoms with E-state index in [0.29, 0.717) is 6.42 Å². The summed E-state index contributed by atoms with van der Waals surface area (Å²) in [5.74, 6) is 0. The average molecular weight is 340 g/mol. The molecule has 6 heteroatoms. The number of urea groups is 2. The van der Waals surface area contributed by atoms with E-state index in [1.165, 1.54) is 9.80 Å². The van der Waals surface area contributed by atoms with Gasteiger partial charge in [-0.25, -0.2) is 9.59 Å². The van der Waals surface area contributed by atoms with Crippen molar-refractivity contribution in [2.45, 2.75) is 6.42 Å². The Morgan fingerprint density at radius 3 is 1.44 bits per heavy atom. The predicted molar refractivity (Wildman–Crippen MR) is 101 cm³/mol. The molecule has 2 rings (SSSR count). The van der Waals surface area contributed by atoms with E-state index in [1.54, 1.807) is 28.2 Å². The summed E-state index contributed by atoms with van der Waals surface area (Å²) in [6.07, 6.45) is 0.591. The molecular formula is C19H24N4O2. The third-order valence-electron chi connectivity index (χ3n) is 3.71. The molecule has 0 spiro atoms. The summed E-state index contributed by atoms with van der Waals surface area (Å²) in [7, 11) is 6.79. The highest BCUT2D eigenvalue weighted by Crippen LogP contribution is 2.24. The molecule has 0 radical (unpaired) electrons. The number of carbonyl (C=O) groups is 2. The molecule has 0 saturated heterocycles. The molecule has 0 atom stereocenters. The topological polar surface area (TPSA) is 64.7 Å². The zero-order chi connectivity index (χ0) is 18.4. The van der Waals surface area contributed by atoms with E-state index in [1.807, 2.05) is 48.5 Å². The van der Waals surface area contributed by atoms with Crippen LogP contribution in [0.5, 0.6) is 0 Å². The zero-order valence-corrected chi connectivity index (χ0v) is 15.0. The Hall–Kier alpha value is -3.02. The Bertz CT molecular complexity index is 693. The second kappa shape index (κ2) is 8.19. The lowest BCUT2D eigenvalue weighted by Gasteiger charge is -2.17. The number of benzene rings is 2. The molecule has 2 aromatic rings. The first kappa shape index (κ1) is 18.3. The number of anilines is 2. The van der Waals surface area contributed by atoms with E-state index in [4.69, 9.17) is 0 Å². The van der Waals surface area contributed by atoms with Gasteiger partial charge in [-0.2, -0.15) is 0 Å². The normalized spacial score (nSPS) is 10.1. The molecule has 0 aliphatic carbocycles. The van der Waals surface area contributed by atoms with Crippen LogP contribution < -0.4 is 10.6 Å². The van der Waals surface area contributed by atoms with Crippen LogP contribution in [-0.2, 0) is 6.42 Å². The molecule has 2 N–H and O–H groups in total. The SMILES string of the molecule is CN(C)C(=O)Nc1ccccc1Cc1ccccc1NC(=O)N(C)C. The van der Waals surface area contributed by atoms with Gasteiger partial charge in [0.15, 0.2) is 0 Å². The van der Waals surface area contributed by atoms with Gasteiger partial charge in [-0.3, -0.25) is 0 Å². The van der Waals surface area contributed by atoms with Gasteiger partial charge in [-0.05, 0) is 23.3 Å². The van der Waals surface area contributed by atoms with E-state index in [-0.39, 0.29) is 12.1 Å². The van der Waals surface area contributed by atoms with Crippen molar-refractivity contribution in [1.29, 1.82) is 0 Å². The fraction of sp³-hybridized carbons (Fsp3) is 0.263. The van der Waals surface area contributed by atoms with Crippen LogP contribution in [0.4, 0.5) is 21.0 Å². The summed E-state index contributed by atoms with van der Waals surface area (Å²) in [6, 6.07) is 15.0. The molecule has 0 aliphatic heterocycles. The minimum absolute atomic E-state index is 0.179. The maximum Gasteiger partial charge on any atom is 0.321 e. The van der Waals surface area contributed by atoms with Gasteiger partial charge in [0.25, 0.3) is 0 Å². The minimum atomic E-state index is -0.179. The van der Waals surface area contributed by atoms with E-state index >= 15 is 0 Å². The van der Waals surface area contributed by atoms with Gasteiger partial charge in [-0.15, -0.1) is 0 Å². The molecule has 0 aliphatic rings. The highest BCUT2D eigenvalue weighted by Gasteiger charge is 2.12. The van der Waals surface area contributed by atoms with Crippen LogP contribution in [0.1, 0.15) is 11.1 Å². The summed E-state index contributed by atoms with van der Waals surface area (Å²) >= 11 is 0. The van der Waals surface area contributed by atoms with Crippen molar-refractivity contribution < 1.29 is 9.59 Å². The van der Waals surface area contributed by atoms with E-state index in [9.17, 15) is 9.59 Å². The second-order valence-electron chi connectivity index (χ2n) is 6.14. The average Bonchev–Trinajstić information content (AvgIpc) is 2.58. The summed E-state index contributed by atoms with van der Waals surface area (Å²) in [6.45, 7) is 0. The van der Waals surface area contributed by atoms with Crippen LogP contribution in [0.15, 0.2) is 48.5 Å². The van der Waals surface area contributed by atoms with Crippen molar-refractivity contribution in [1.82, 2.24) is 9.80 Å². The van der Waals surface area contributed by atoms with Gasteiger partial charge in [0, 0.05) is 46.0 Å². The highest BCUT2D eigenvalue weighted by atomic mass is 16.2. The molecule has 4 amide bonds. The van der Waals surface area contributed by atoms with Gasteiger partial charge < -0.3 is 20.4 Å². The van der Waals surface area contributed by atoms with Crippen molar-refractivity contribution in [3.05, 3.63) is 59.7 Å². The first-order chi connectivity index (χ1) is 11.9. The fourth-order valence-electron chi connectivity index (χ4n) is 2.25. The van der Waals surface area contributed by atoms with Crippen LogP contribution >= 0.6 is 0 Å². The van der Waals surface area contributed by atoms with Crippen LogP contribution in [0, 0.1) is 0 Å². The van der Waals surface area contributed by atoms with Crippen molar-refractivity contribution >= 4 is 23.4 Å². The monoisotopic (exact) mass is 340 g/mol. The molecule has 0 aromatic heterocycles. The first-order valence-corrected chi connectivity index (χ1v) is 8.01. The first-order valence-electron chi connectivity index (χ1n) is 8.01. The molecule has 6 nitrogen and oxygen atoms in total. The second-order valence-corrected chi connectivity index (χ2v) is 6.14. The summed E-state index contributed by atoms with van der Waals surface area (Å²) < 4.78 is 0. The third kappa shape index (κ3) is 4.97. The van der Waals surface area contributed by atoms with Crippen LogP contribution in [0.2, 0.25) is 0 Å². The molecule has 0 heterocycles. The number of carbonyl (C=O) groups excluding carboxylic acids is 2. The van der Waals surface area contributed by atoms with Gasteiger partial charge in [0.05, 0.1) is 0 Å². The lowest BCUT2D eigenvalue weighted by Crippen LogP contribution is -2.28. The van der Waals surface area contributed by atoms with Crippen molar-refractivity contribution in [3.63, 3.8) is 0 Å². The maximum atomic E-state index is 12.0. The smallest absolute Gasteiger partial charge is 0.321 e. The van der Waals surface area contributed by atoms with Crippen LogP contribution in [0.25, 0.3) is 0 Å². The molecule has 25 heavy (non-hydrogen) atoms. The Morgan fingerprint density at radius 1 is 0.720 bits per heavy atom. The molecule has 0 unspecified atom stereocenters. The lowest BCUT2D eigenvalue weighted by atomic mass is 10.0. The number of rotatable bonds is 4. The minimum Gasteiger partial charge on any atom is -0.331 e. The molecular weight excluding hydrogens is 316 g/mol. The van der Waals surface area contributed by atoms with Crippen LogP contribution in [-0.4, -0.2) is 50.1 Å². The number of amides is 4. The highest BCUT2D eigenvalue weighted by molar-refractivity contribution is 5.91. The Morgan fingerprint density at radius 2 is 1.08 bits per heavy atom. The van der Waals surface area contributed by atoms with Crippen molar-refractivity contribution in [2.24, 2.45) is 0 Å². The zero-order valence-electron chi connectivity index (χ0n) is 15.0. The third-order valence-corrected chi connectivity index (χ3v) is 3.71. The van der Waals surface area contributed by atoms with E-state index in [2.05, 4.69) is 10.6 Å². The quantitative estimate of drug-likeness (QED) is 0.895. The summed E-state index contributed by atoms with van der Waals surface area (Å²) in [4.78, 5) is 26.9.